The lowest BCUT2D eigenvalue weighted by Crippen LogP contribution is -2.20. The minimum absolute atomic E-state index is 0.132. The molecule has 3 nitrogen and oxygen atoms in total. The van der Waals surface area contributed by atoms with Gasteiger partial charge in [-0.3, -0.25) is 4.79 Å². The van der Waals surface area contributed by atoms with E-state index in [9.17, 15) is 18.0 Å². The standard InChI is InChI=1S/C11H10ClF3N2O/c12-7-3-9-5(2-10(18)17-9)1-6(7)8(16)4-11(13,14)15/h1,3,8H,2,4,16H2,(H,17,18). The molecule has 1 atom stereocenters. The van der Waals surface area contributed by atoms with Crippen LogP contribution < -0.4 is 11.1 Å². The monoisotopic (exact) mass is 278 g/mol. The van der Waals surface area contributed by atoms with E-state index in [1.807, 2.05) is 0 Å². The molecule has 0 fully saturated rings. The summed E-state index contributed by atoms with van der Waals surface area (Å²) in [5, 5.41) is 2.70. The molecule has 1 aliphatic rings. The molecule has 1 amide bonds. The minimum atomic E-state index is -4.35. The van der Waals surface area contributed by atoms with Crippen LogP contribution in [-0.4, -0.2) is 12.1 Å². The van der Waals surface area contributed by atoms with E-state index in [2.05, 4.69) is 5.32 Å². The second-order valence-electron chi connectivity index (χ2n) is 4.18. The van der Waals surface area contributed by atoms with Gasteiger partial charge in [-0.2, -0.15) is 13.2 Å². The average Bonchev–Trinajstić information content (AvgIpc) is 2.53. The van der Waals surface area contributed by atoms with Crippen LogP contribution in [-0.2, 0) is 11.2 Å². The van der Waals surface area contributed by atoms with Crippen molar-refractivity contribution in [2.45, 2.75) is 25.1 Å². The first-order valence-corrected chi connectivity index (χ1v) is 5.58. The van der Waals surface area contributed by atoms with E-state index in [0.717, 1.165) is 0 Å². The Hall–Kier alpha value is -1.27. The second-order valence-corrected chi connectivity index (χ2v) is 4.59. The largest absolute Gasteiger partial charge is 0.390 e. The predicted molar refractivity (Wildman–Crippen MR) is 61.4 cm³/mol. The van der Waals surface area contributed by atoms with Crippen molar-refractivity contribution in [3.8, 4) is 0 Å². The summed E-state index contributed by atoms with van der Waals surface area (Å²) in [5.74, 6) is -0.206. The van der Waals surface area contributed by atoms with E-state index in [-0.39, 0.29) is 22.9 Å². The van der Waals surface area contributed by atoms with Gasteiger partial charge in [-0.1, -0.05) is 17.7 Å². The quantitative estimate of drug-likeness (QED) is 0.874. The van der Waals surface area contributed by atoms with Gasteiger partial charge in [0.1, 0.15) is 0 Å². The molecule has 7 heteroatoms. The Bertz CT molecular complexity index is 502. The molecule has 1 aromatic rings. The summed E-state index contributed by atoms with van der Waals surface area (Å²) in [7, 11) is 0. The van der Waals surface area contributed by atoms with Crippen LogP contribution in [0.2, 0.25) is 5.02 Å². The van der Waals surface area contributed by atoms with Crippen LogP contribution in [0.5, 0.6) is 0 Å². The Morgan fingerprint density at radius 3 is 2.72 bits per heavy atom. The van der Waals surface area contributed by atoms with Crippen molar-refractivity contribution in [2.75, 3.05) is 5.32 Å². The lowest BCUT2D eigenvalue weighted by atomic mass is 10.0. The number of fused-ring (bicyclic) bond motifs is 1. The molecule has 0 radical (unpaired) electrons. The van der Waals surface area contributed by atoms with Gasteiger partial charge in [0.15, 0.2) is 0 Å². The lowest BCUT2D eigenvalue weighted by molar-refractivity contribution is -0.138. The molecule has 0 saturated heterocycles. The van der Waals surface area contributed by atoms with Gasteiger partial charge in [-0.15, -0.1) is 0 Å². The van der Waals surface area contributed by atoms with Crippen LogP contribution >= 0.6 is 11.6 Å². The minimum Gasteiger partial charge on any atom is -0.325 e. The summed E-state index contributed by atoms with van der Waals surface area (Å²) < 4.78 is 36.8. The molecule has 0 bridgehead atoms. The molecular weight excluding hydrogens is 269 g/mol. The number of rotatable bonds is 2. The number of carbonyl (C=O) groups excluding carboxylic acids is 1. The van der Waals surface area contributed by atoms with E-state index in [1.165, 1.54) is 12.1 Å². The third-order valence-electron chi connectivity index (χ3n) is 2.70. The fraction of sp³-hybridized carbons (Fsp3) is 0.364. The SMILES string of the molecule is NC(CC(F)(F)F)c1cc2c(cc1Cl)NC(=O)C2. The first kappa shape index (κ1) is 13.2. The number of anilines is 1. The topological polar surface area (TPSA) is 55.1 Å². The lowest BCUT2D eigenvalue weighted by Gasteiger charge is -2.16. The van der Waals surface area contributed by atoms with Crippen molar-refractivity contribution < 1.29 is 18.0 Å². The molecule has 2 rings (SSSR count). The van der Waals surface area contributed by atoms with Crippen LogP contribution in [0.15, 0.2) is 12.1 Å². The normalized spacial score (nSPS) is 16.4. The van der Waals surface area contributed by atoms with Gasteiger partial charge in [0, 0.05) is 16.8 Å². The summed E-state index contributed by atoms with van der Waals surface area (Å²) in [4.78, 5) is 11.2. The molecular formula is C11H10ClF3N2O. The number of amides is 1. The van der Waals surface area contributed by atoms with Gasteiger partial charge in [0.2, 0.25) is 5.91 Å². The number of hydrogen-bond acceptors (Lipinski definition) is 2. The van der Waals surface area contributed by atoms with Crippen molar-refractivity contribution in [3.63, 3.8) is 0 Å². The fourth-order valence-corrected chi connectivity index (χ4v) is 2.21. The van der Waals surface area contributed by atoms with E-state index in [1.54, 1.807) is 0 Å². The molecule has 0 aliphatic carbocycles. The van der Waals surface area contributed by atoms with Crippen LogP contribution in [0.25, 0.3) is 0 Å². The number of carbonyl (C=O) groups is 1. The van der Waals surface area contributed by atoms with Crippen molar-refractivity contribution in [2.24, 2.45) is 5.73 Å². The summed E-state index contributed by atoms with van der Waals surface area (Å²) in [6.07, 6.45) is -5.36. The predicted octanol–water partition coefficient (Wildman–Crippen LogP) is 2.79. The molecule has 3 N–H and O–H groups in total. The maximum Gasteiger partial charge on any atom is 0.390 e. The maximum absolute atomic E-state index is 12.3. The number of halogens is 4. The third-order valence-corrected chi connectivity index (χ3v) is 3.03. The highest BCUT2D eigenvalue weighted by atomic mass is 35.5. The molecule has 1 aromatic carbocycles. The highest BCUT2D eigenvalue weighted by Crippen LogP contribution is 2.35. The molecule has 18 heavy (non-hydrogen) atoms. The number of benzene rings is 1. The first-order chi connectivity index (χ1) is 8.26. The molecule has 1 aliphatic heterocycles. The molecule has 0 aromatic heterocycles. The number of nitrogens with two attached hydrogens (primary N) is 1. The van der Waals surface area contributed by atoms with Crippen molar-refractivity contribution in [3.05, 3.63) is 28.3 Å². The summed E-state index contributed by atoms with van der Waals surface area (Å²) in [6, 6.07) is 1.68. The highest BCUT2D eigenvalue weighted by Gasteiger charge is 2.32. The zero-order valence-corrected chi connectivity index (χ0v) is 9.90. The summed E-state index contributed by atoms with van der Waals surface area (Å²) >= 11 is 5.88. The van der Waals surface area contributed by atoms with Gasteiger partial charge in [-0.05, 0) is 17.2 Å². The van der Waals surface area contributed by atoms with Crippen molar-refractivity contribution in [1.82, 2.24) is 0 Å². The van der Waals surface area contributed by atoms with Gasteiger partial charge in [-0.25, -0.2) is 0 Å². The van der Waals surface area contributed by atoms with E-state index in [4.69, 9.17) is 17.3 Å². The van der Waals surface area contributed by atoms with Gasteiger partial charge in [0.05, 0.1) is 12.8 Å². The van der Waals surface area contributed by atoms with Crippen molar-refractivity contribution in [1.29, 1.82) is 0 Å². The van der Waals surface area contributed by atoms with Gasteiger partial charge in [0.25, 0.3) is 0 Å². The van der Waals surface area contributed by atoms with Crippen LogP contribution in [0, 0.1) is 0 Å². The Balaban J connectivity index is 2.30. The zero-order valence-electron chi connectivity index (χ0n) is 9.14. The third kappa shape index (κ3) is 2.76. The Morgan fingerprint density at radius 1 is 1.44 bits per heavy atom. The van der Waals surface area contributed by atoms with Crippen LogP contribution in [0.4, 0.5) is 18.9 Å². The molecule has 1 heterocycles. The second kappa shape index (κ2) is 4.44. The molecule has 98 valence electrons. The zero-order chi connectivity index (χ0) is 13.5. The maximum atomic E-state index is 12.3. The number of hydrogen-bond donors (Lipinski definition) is 2. The highest BCUT2D eigenvalue weighted by molar-refractivity contribution is 6.32. The van der Waals surface area contributed by atoms with Crippen molar-refractivity contribution >= 4 is 23.2 Å². The van der Waals surface area contributed by atoms with Gasteiger partial charge >= 0.3 is 6.18 Å². The van der Waals surface area contributed by atoms with Crippen LogP contribution in [0.1, 0.15) is 23.6 Å². The van der Waals surface area contributed by atoms with Crippen LogP contribution in [0.3, 0.4) is 0 Å². The van der Waals surface area contributed by atoms with E-state index in [0.29, 0.717) is 11.3 Å². The smallest absolute Gasteiger partial charge is 0.325 e. The van der Waals surface area contributed by atoms with Gasteiger partial charge < -0.3 is 11.1 Å². The van der Waals surface area contributed by atoms with E-state index >= 15 is 0 Å². The number of nitrogens with one attached hydrogen (secondary N) is 1. The molecule has 0 saturated carbocycles. The molecule has 1 unspecified atom stereocenters. The van der Waals surface area contributed by atoms with E-state index < -0.39 is 18.6 Å². The molecule has 0 spiro atoms. The Morgan fingerprint density at radius 2 is 2.11 bits per heavy atom. The fourth-order valence-electron chi connectivity index (χ4n) is 1.91. The summed E-state index contributed by atoms with van der Waals surface area (Å²) in [6.45, 7) is 0. The number of alkyl halides is 3. The Labute approximate surface area is 106 Å². The average molecular weight is 279 g/mol. The Kier molecular flexibility index (Phi) is 3.25. The first-order valence-electron chi connectivity index (χ1n) is 5.21. The summed E-state index contributed by atoms with van der Waals surface area (Å²) in [5.41, 5.74) is 6.87.